The number of aliphatic carboxylic acids is 1. The number of urea groups is 1. The molecule has 0 saturated heterocycles. The number of hydrogen-bond acceptors (Lipinski definition) is 7. The SMILES string of the molecule is CCOc1cc([C@@H](C)N(CCO[C@@H](C)c2ccccc2)C(=O)N[C@]2(C(=O)O)C[C@H](OC)C2)c(Cl)c(OCC)c1C(C)=O. The Labute approximate surface area is 252 Å². The first-order valence-electron chi connectivity index (χ1n) is 14.1. The minimum atomic E-state index is -1.46. The van der Waals surface area contributed by atoms with Crippen molar-refractivity contribution in [2.24, 2.45) is 0 Å². The molecule has 0 unspecified atom stereocenters. The number of amides is 2. The molecule has 42 heavy (non-hydrogen) atoms. The van der Waals surface area contributed by atoms with E-state index in [0.29, 0.717) is 12.2 Å². The Morgan fingerprint density at radius 2 is 1.76 bits per heavy atom. The molecule has 1 saturated carbocycles. The van der Waals surface area contributed by atoms with Gasteiger partial charge in [0.1, 0.15) is 16.9 Å². The van der Waals surface area contributed by atoms with Gasteiger partial charge >= 0.3 is 12.0 Å². The molecule has 1 aliphatic carbocycles. The highest BCUT2D eigenvalue weighted by atomic mass is 35.5. The monoisotopic (exact) mass is 604 g/mol. The van der Waals surface area contributed by atoms with Crippen LogP contribution in [0.4, 0.5) is 4.79 Å². The zero-order valence-corrected chi connectivity index (χ0v) is 25.8. The second-order valence-corrected chi connectivity index (χ2v) is 10.7. The topological polar surface area (TPSA) is 124 Å². The van der Waals surface area contributed by atoms with Crippen LogP contribution < -0.4 is 14.8 Å². The molecule has 2 N–H and O–H groups in total. The minimum absolute atomic E-state index is 0.117. The summed E-state index contributed by atoms with van der Waals surface area (Å²) < 4.78 is 23.0. The van der Waals surface area contributed by atoms with Crippen LogP contribution >= 0.6 is 11.6 Å². The van der Waals surface area contributed by atoms with E-state index in [1.54, 1.807) is 26.8 Å². The number of carbonyl (C=O) groups is 3. The molecule has 0 radical (unpaired) electrons. The van der Waals surface area contributed by atoms with Crippen molar-refractivity contribution < 1.29 is 38.4 Å². The van der Waals surface area contributed by atoms with Crippen LogP contribution in [0.25, 0.3) is 0 Å². The van der Waals surface area contributed by atoms with Gasteiger partial charge in [-0.15, -0.1) is 0 Å². The number of carbonyl (C=O) groups excluding carboxylic acids is 2. The van der Waals surface area contributed by atoms with E-state index >= 15 is 0 Å². The maximum absolute atomic E-state index is 13.8. The lowest BCUT2D eigenvalue weighted by Crippen LogP contribution is -2.66. The van der Waals surface area contributed by atoms with Crippen LogP contribution in [0.15, 0.2) is 36.4 Å². The second-order valence-electron chi connectivity index (χ2n) is 10.3. The van der Waals surface area contributed by atoms with Gasteiger partial charge in [0, 0.05) is 32.1 Å². The molecule has 1 aliphatic rings. The number of nitrogens with one attached hydrogen (secondary N) is 1. The first-order valence-corrected chi connectivity index (χ1v) is 14.5. The molecule has 2 atom stereocenters. The zero-order valence-electron chi connectivity index (χ0n) is 25.1. The normalized spacial score (nSPS) is 19.3. The molecule has 0 aliphatic heterocycles. The Morgan fingerprint density at radius 1 is 1.12 bits per heavy atom. The Hall–Kier alpha value is -3.34. The molecule has 3 rings (SSSR count). The number of ketones is 1. The highest BCUT2D eigenvalue weighted by Gasteiger charge is 2.52. The third-order valence-electron chi connectivity index (χ3n) is 7.54. The maximum atomic E-state index is 13.8. The van der Waals surface area contributed by atoms with Crippen molar-refractivity contribution in [2.75, 3.05) is 33.5 Å². The number of benzene rings is 2. The summed E-state index contributed by atoms with van der Waals surface area (Å²) in [7, 11) is 1.51. The summed E-state index contributed by atoms with van der Waals surface area (Å²) in [5.41, 5.74) is 0.230. The smallest absolute Gasteiger partial charge is 0.329 e. The van der Waals surface area contributed by atoms with Crippen LogP contribution in [-0.4, -0.2) is 72.9 Å². The van der Waals surface area contributed by atoms with Crippen molar-refractivity contribution in [3.05, 3.63) is 58.1 Å². The fraction of sp³-hybridized carbons (Fsp3) is 0.516. The van der Waals surface area contributed by atoms with E-state index in [1.165, 1.54) is 18.9 Å². The molecular weight excluding hydrogens is 564 g/mol. The fourth-order valence-corrected chi connectivity index (χ4v) is 5.46. The number of hydrogen-bond donors (Lipinski definition) is 2. The molecule has 1 fully saturated rings. The van der Waals surface area contributed by atoms with Crippen LogP contribution in [0.3, 0.4) is 0 Å². The van der Waals surface area contributed by atoms with E-state index in [1.807, 2.05) is 37.3 Å². The van der Waals surface area contributed by atoms with Gasteiger partial charge in [-0.05, 0) is 46.2 Å². The summed E-state index contributed by atoms with van der Waals surface area (Å²) >= 11 is 6.84. The van der Waals surface area contributed by atoms with Gasteiger partial charge in [0.15, 0.2) is 11.5 Å². The number of ether oxygens (including phenoxy) is 4. The lowest BCUT2D eigenvalue weighted by atomic mass is 9.74. The summed E-state index contributed by atoms with van der Waals surface area (Å²) in [6.45, 7) is 9.49. The number of nitrogens with zero attached hydrogens (tertiary/aromatic N) is 1. The lowest BCUT2D eigenvalue weighted by Gasteiger charge is -2.45. The minimum Gasteiger partial charge on any atom is -0.493 e. The number of carboxylic acids is 1. The molecule has 2 aromatic rings. The summed E-state index contributed by atoms with van der Waals surface area (Å²) in [5, 5.41) is 12.9. The first kappa shape index (κ1) is 33.2. The quantitative estimate of drug-likeness (QED) is 0.244. The summed E-state index contributed by atoms with van der Waals surface area (Å²) in [6, 6.07) is 10.0. The third kappa shape index (κ3) is 7.35. The van der Waals surface area contributed by atoms with E-state index < -0.39 is 23.6 Å². The zero-order chi connectivity index (χ0) is 31.0. The van der Waals surface area contributed by atoms with Crippen molar-refractivity contribution in [2.45, 2.75) is 71.2 Å². The van der Waals surface area contributed by atoms with Crippen LogP contribution in [0.1, 0.15) is 81.1 Å². The van der Waals surface area contributed by atoms with Crippen molar-refractivity contribution in [1.29, 1.82) is 0 Å². The van der Waals surface area contributed by atoms with Crippen molar-refractivity contribution in [3.8, 4) is 11.5 Å². The standard InChI is InChI=1S/C31H41ClN2O8/c1-7-40-25-16-24(27(32)28(41-8-2)26(25)20(4)35)19(3)34(14-15-42-21(5)22-12-10-9-11-13-22)30(38)33-31(29(36)37)17-23(18-31)39-6/h9-13,16,19,21,23H,7-8,14-15,17-18H2,1-6H3,(H,33,38)(H,36,37)/t19-,21+,23-,31+/m1/s1. The molecule has 0 bridgehead atoms. The molecule has 0 spiro atoms. The molecule has 11 heteroatoms. The van der Waals surface area contributed by atoms with Gasteiger partial charge in [-0.3, -0.25) is 4.79 Å². The first-order chi connectivity index (χ1) is 20.0. The molecular formula is C31H41ClN2O8. The largest absolute Gasteiger partial charge is 0.493 e. The van der Waals surface area contributed by atoms with Crippen molar-refractivity contribution in [3.63, 3.8) is 0 Å². The Morgan fingerprint density at radius 3 is 2.31 bits per heavy atom. The molecule has 0 aromatic heterocycles. The molecule has 2 aromatic carbocycles. The van der Waals surface area contributed by atoms with E-state index in [2.05, 4.69) is 5.32 Å². The summed E-state index contributed by atoms with van der Waals surface area (Å²) in [4.78, 5) is 40.1. The van der Waals surface area contributed by atoms with E-state index in [0.717, 1.165) is 5.56 Å². The number of Topliss-reactive ketones (excluding diaryl/α,β-unsaturated/α-hetero) is 1. The van der Waals surface area contributed by atoms with Gasteiger partial charge in [-0.25, -0.2) is 9.59 Å². The Balaban J connectivity index is 1.98. The lowest BCUT2D eigenvalue weighted by molar-refractivity contribution is -0.155. The van der Waals surface area contributed by atoms with Gasteiger partial charge in [0.05, 0.1) is 43.1 Å². The second kappa shape index (κ2) is 14.7. The molecule has 0 heterocycles. The predicted molar refractivity (Wildman–Crippen MR) is 159 cm³/mol. The number of carboxylic acid groups (broad SMARTS) is 1. The van der Waals surface area contributed by atoms with E-state index in [4.69, 9.17) is 30.5 Å². The van der Waals surface area contributed by atoms with E-state index in [9.17, 15) is 19.5 Å². The highest BCUT2D eigenvalue weighted by molar-refractivity contribution is 6.33. The number of halogens is 1. The van der Waals surface area contributed by atoms with Gasteiger partial charge in [-0.1, -0.05) is 41.9 Å². The van der Waals surface area contributed by atoms with Crippen LogP contribution in [0.2, 0.25) is 5.02 Å². The van der Waals surface area contributed by atoms with Crippen molar-refractivity contribution in [1.82, 2.24) is 10.2 Å². The number of methoxy groups -OCH3 is 1. The summed E-state index contributed by atoms with van der Waals surface area (Å²) in [5.74, 6) is -0.940. The Bertz CT molecular complexity index is 1250. The van der Waals surface area contributed by atoms with Gasteiger partial charge < -0.3 is 34.3 Å². The average molecular weight is 605 g/mol. The van der Waals surface area contributed by atoms with Crippen LogP contribution in [0.5, 0.6) is 11.5 Å². The average Bonchev–Trinajstić information content (AvgIpc) is 2.94. The van der Waals surface area contributed by atoms with Crippen molar-refractivity contribution >= 4 is 29.4 Å². The van der Waals surface area contributed by atoms with Gasteiger partial charge in [0.25, 0.3) is 0 Å². The number of rotatable bonds is 15. The molecule has 2 amide bonds. The van der Waals surface area contributed by atoms with Gasteiger partial charge in [0.2, 0.25) is 0 Å². The van der Waals surface area contributed by atoms with E-state index in [-0.39, 0.29) is 72.7 Å². The summed E-state index contributed by atoms with van der Waals surface area (Å²) in [6.07, 6.45) is -0.214. The fourth-order valence-electron chi connectivity index (χ4n) is 5.09. The van der Waals surface area contributed by atoms with Crippen LogP contribution in [-0.2, 0) is 14.3 Å². The Kier molecular flexibility index (Phi) is 11.6. The van der Waals surface area contributed by atoms with Crippen LogP contribution in [0, 0.1) is 0 Å². The van der Waals surface area contributed by atoms with Gasteiger partial charge in [-0.2, -0.15) is 0 Å². The maximum Gasteiger partial charge on any atom is 0.329 e. The third-order valence-corrected chi connectivity index (χ3v) is 7.93. The molecule has 10 nitrogen and oxygen atoms in total. The highest BCUT2D eigenvalue weighted by Crippen LogP contribution is 2.43. The predicted octanol–water partition coefficient (Wildman–Crippen LogP) is 5.82. The molecule has 230 valence electrons.